The summed E-state index contributed by atoms with van der Waals surface area (Å²) in [5, 5.41) is 0.879. The second-order valence-corrected chi connectivity index (χ2v) is 5.81. The number of allylic oxidation sites excluding steroid dienone is 1. The number of carbonyl (C=O) groups is 1. The highest BCUT2D eigenvalue weighted by atomic mass is 35.5. The molecule has 1 aromatic carbocycles. The van der Waals surface area contributed by atoms with Crippen LogP contribution in [0.15, 0.2) is 18.2 Å². The molecule has 0 saturated heterocycles. The van der Waals surface area contributed by atoms with Gasteiger partial charge in [-0.2, -0.15) is 0 Å². The fourth-order valence-electron chi connectivity index (χ4n) is 1.97. The molecule has 1 aromatic rings. The lowest BCUT2D eigenvalue weighted by Gasteiger charge is -2.10. The number of unbranched alkanes of at least 4 members (excludes halogenated alkanes) is 3. The van der Waals surface area contributed by atoms with Gasteiger partial charge in [0, 0.05) is 24.1 Å². The molecule has 0 fully saturated rings. The monoisotopic (exact) mass is 344 g/mol. The first-order valence-corrected chi connectivity index (χ1v) is 8.15. The van der Waals surface area contributed by atoms with Crippen molar-refractivity contribution in [2.75, 3.05) is 13.9 Å². The molecule has 1 rings (SSSR count). The van der Waals surface area contributed by atoms with E-state index in [1.54, 1.807) is 24.3 Å². The lowest BCUT2D eigenvalue weighted by atomic mass is 10.1. The molecule has 0 amide bonds. The van der Waals surface area contributed by atoms with E-state index in [4.69, 9.17) is 32.7 Å². The van der Waals surface area contributed by atoms with E-state index in [9.17, 15) is 4.79 Å². The minimum atomic E-state index is 0.0765. The Hall–Kier alpha value is -1.03. The highest BCUT2D eigenvalue weighted by Gasteiger charge is 2.09. The number of halogens is 2. The third kappa shape index (κ3) is 6.82. The third-order valence-corrected chi connectivity index (χ3v) is 3.58. The molecule has 5 heteroatoms. The number of benzene rings is 1. The van der Waals surface area contributed by atoms with Gasteiger partial charge >= 0.3 is 0 Å². The van der Waals surface area contributed by atoms with Gasteiger partial charge in [0.15, 0.2) is 12.6 Å². The van der Waals surface area contributed by atoms with Crippen LogP contribution in [0.5, 0.6) is 5.75 Å². The maximum absolute atomic E-state index is 11.9. The van der Waals surface area contributed by atoms with Crippen LogP contribution in [0.4, 0.5) is 0 Å². The molecule has 0 N–H and O–H groups in total. The molecule has 122 valence electrons. The van der Waals surface area contributed by atoms with Gasteiger partial charge in [-0.25, -0.2) is 0 Å². The fourth-order valence-corrected chi connectivity index (χ4v) is 2.53. The summed E-state index contributed by atoms with van der Waals surface area (Å²) >= 11 is 12.1. The smallest absolute Gasteiger partial charge is 0.188 e. The van der Waals surface area contributed by atoms with E-state index in [2.05, 4.69) is 6.92 Å². The van der Waals surface area contributed by atoms with Crippen LogP contribution in [-0.4, -0.2) is 19.7 Å². The van der Waals surface area contributed by atoms with Crippen molar-refractivity contribution in [1.82, 2.24) is 0 Å². The van der Waals surface area contributed by atoms with E-state index in [0.29, 0.717) is 27.8 Å². The molecule has 0 aromatic heterocycles. The van der Waals surface area contributed by atoms with Gasteiger partial charge in [-0.05, 0) is 30.7 Å². The first kappa shape index (κ1) is 19.0. The van der Waals surface area contributed by atoms with Gasteiger partial charge in [-0.3, -0.25) is 4.79 Å². The summed E-state index contributed by atoms with van der Waals surface area (Å²) < 4.78 is 10.3. The highest BCUT2D eigenvalue weighted by molar-refractivity contribution is 6.36. The first-order valence-electron chi connectivity index (χ1n) is 7.40. The van der Waals surface area contributed by atoms with Gasteiger partial charge < -0.3 is 9.47 Å². The molecule has 0 atom stereocenters. The van der Waals surface area contributed by atoms with Crippen LogP contribution in [-0.2, 0) is 9.53 Å². The number of ketones is 1. The summed E-state index contributed by atoms with van der Waals surface area (Å²) in [7, 11) is 1.53. The molecule has 0 heterocycles. The first-order chi connectivity index (χ1) is 10.6. The molecule has 3 nitrogen and oxygen atoms in total. The molecule has 0 unspecified atom stereocenters. The normalized spacial score (nSPS) is 11.1. The van der Waals surface area contributed by atoms with Crippen LogP contribution in [0.1, 0.15) is 44.6 Å². The molecule has 0 radical (unpaired) electrons. The summed E-state index contributed by atoms with van der Waals surface area (Å²) in [6, 6.07) is 3.30. The van der Waals surface area contributed by atoms with Crippen molar-refractivity contribution in [3.8, 4) is 5.75 Å². The van der Waals surface area contributed by atoms with Crippen molar-refractivity contribution in [3.63, 3.8) is 0 Å². The maximum Gasteiger partial charge on any atom is 0.188 e. The molecule has 22 heavy (non-hydrogen) atoms. The molecular weight excluding hydrogens is 323 g/mol. The summed E-state index contributed by atoms with van der Waals surface area (Å²) in [5.74, 6) is 0.549. The zero-order valence-electron chi connectivity index (χ0n) is 13.0. The number of hydrogen-bond donors (Lipinski definition) is 0. The lowest BCUT2D eigenvalue weighted by Crippen LogP contribution is -2.01. The summed E-state index contributed by atoms with van der Waals surface area (Å²) in [6.07, 6.45) is 8.11. The summed E-state index contributed by atoms with van der Waals surface area (Å²) in [4.78, 5) is 11.9. The van der Waals surface area contributed by atoms with Crippen molar-refractivity contribution in [2.45, 2.75) is 39.0 Å². The predicted octanol–water partition coefficient (Wildman–Crippen LogP) is 5.53. The Balaban J connectivity index is 2.73. The molecule has 0 spiro atoms. The van der Waals surface area contributed by atoms with E-state index >= 15 is 0 Å². The minimum absolute atomic E-state index is 0.0765. The van der Waals surface area contributed by atoms with Crippen LogP contribution in [0, 0.1) is 0 Å². The predicted molar refractivity (Wildman–Crippen MR) is 91.8 cm³/mol. The fraction of sp³-hybridized carbons (Fsp3) is 0.471. The Morgan fingerprint density at radius 3 is 2.68 bits per heavy atom. The quantitative estimate of drug-likeness (QED) is 0.318. The molecular formula is C17H22Cl2O3. The van der Waals surface area contributed by atoms with Gasteiger partial charge in [0.25, 0.3) is 0 Å². The number of methoxy groups -OCH3 is 1. The zero-order chi connectivity index (χ0) is 16.4. The minimum Gasteiger partial charge on any atom is -0.465 e. The van der Waals surface area contributed by atoms with E-state index < -0.39 is 0 Å². The second-order valence-electron chi connectivity index (χ2n) is 4.97. The van der Waals surface area contributed by atoms with Crippen molar-refractivity contribution < 1.29 is 14.3 Å². The second kappa shape index (κ2) is 10.7. The van der Waals surface area contributed by atoms with Gasteiger partial charge in [-0.1, -0.05) is 49.4 Å². The summed E-state index contributed by atoms with van der Waals surface area (Å²) in [6.45, 7) is 2.22. The molecule has 0 bridgehead atoms. The van der Waals surface area contributed by atoms with Crippen molar-refractivity contribution in [3.05, 3.63) is 33.8 Å². The van der Waals surface area contributed by atoms with E-state index in [0.717, 1.165) is 25.7 Å². The Morgan fingerprint density at radius 1 is 1.23 bits per heavy atom. The van der Waals surface area contributed by atoms with Crippen LogP contribution in [0.2, 0.25) is 10.0 Å². The number of hydrogen-bond acceptors (Lipinski definition) is 3. The van der Waals surface area contributed by atoms with Crippen LogP contribution >= 0.6 is 23.2 Å². The highest BCUT2D eigenvalue weighted by Crippen LogP contribution is 2.33. The molecule has 0 aliphatic rings. The van der Waals surface area contributed by atoms with Crippen LogP contribution < -0.4 is 4.74 Å². The Kier molecular flexibility index (Phi) is 9.21. The molecule has 0 aliphatic heterocycles. The third-order valence-electron chi connectivity index (χ3n) is 3.08. The number of carbonyl (C=O) groups excluding carboxylic acids is 1. The average molecular weight is 345 g/mol. The van der Waals surface area contributed by atoms with Gasteiger partial charge in [0.05, 0.1) is 5.02 Å². The molecule has 0 saturated carbocycles. The van der Waals surface area contributed by atoms with Crippen LogP contribution in [0.25, 0.3) is 6.08 Å². The summed E-state index contributed by atoms with van der Waals surface area (Å²) in [5.41, 5.74) is 0.663. The van der Waals surface area contributed by atoms with Gasteiger partial charge in [0.2, 0.25) is 0 Å². The average Bonchev–Trinajstić information content (AvgIpc) is 2.48. The van der Waals surface area contributed by atoms with Crippen molar-refractivity contribution in [1.29, 1.82) is 0 Å². The van der Waals surface area contributed by atoms with Crippen molar-refractivity contribution >= 4 is 35.1 Å². The van der Waals surface area contributed by atoms with Gasteiger partial charge in [-0.15, -0.1) is 0 Å². The number of rotatable bonds is 10. The lowest BCUT2D eigenvalue weighted by molar-refractivity contribution is -0.114. The topological polar surface area (TPSA) is 35.5 Å². The van der Waals surface area contributed by atoms with Crippen LogP contribution in [0.3, 0.4) is 0 Å². The van der Waals surface area contributed by atoms with E-state index in [1.165, 1.54) is 7.11 Å². The Labute approximate surface area is 142 Å². The Morgan fingerprint density at radius 2 is 2.00 bits per heavy atom. The maximum atomic E-state index is 11.9. The standard InChI is InChI=1S/C17H22Cl2O3/c1-3-4-5-6-7-15(20)9-8-13-10-14(18)11-16(19)17(13)22-12-21-2/h8-11H,3-7,12H2,1-2H3/b9-8+. The van der Waals surface area contributed by atoms with E-state index in [-0.39, 0.29) is 12.6 Å². The van der Waals surface area contributed by atoms with Gasteiger partial charge in [0.1, 0.15) is 5.75 Å². The number of ether oxygens (including phenoxy) is 2. The van der Waals surface area contributed by atoms with E-state index in [1.807, 2.05) is 0 Å². The zero-order valence-corrected chi connectivity index (χ0v) is 14.5. The molecule has 0 aliphatic carbocycles. The van der Waals surface area contributed by atoms with Crippen molar-refractivity contribution in [2.24, 2.45) is 0 Å². The largest absolute Gasteiger partial charge is 0.465 e. The Bertz CT molecular complexity index is 513. The SMILES string of the molecule is CCCCCCC(=O)/C=C/c1cc(Cl)cc(Cl)c1OCOC.